The molecule has 1 saturated carbocycles. The molecule has 4 heteroatoms. The molecule has 1 unspecified atom stereocenters. The Hall–Kier alpha value is -1.32. The molecule has 3 rings (SSSR count). The average Bonchev–Trinajstić information content (AvgIpc) is 3.24. The first-order valence-electron chi connectivity index (χ1n) is 8.60. The van der Waals surface area contributed by atoms with Crippen LogP contribution in [0.5, 0.6) is 0 Å². The Morgan fingerprint density at radius 3 is 2.62 bits per heavy atom. The van der Waals surface area contributed by atoms with Gasteiger partial charge in [-0.1, -0.05) is 20.3 Å². The summed E-state index contributed by atoms with van der Waals surface area (Å²) in [6.45, 7) is 9.95. The van der Waals surface area contributed by atoms with Crippen molar-refractivity contribution in [1.82, 2.24) is 9.97 Å². The van der Waals surface area contributed by atoms with E-state index in [-0.39, 0.29) is 0 Å². The lowest BCUT2D eigenvalue weighted by Crippen LogP contribution is -2.23. The Kier molecular flexibility index (Phi) is 4.32. The van der Waals surface area contributed by atoms with Crippen molar-refractivity contribution in [2.45, 2.75) is 58.8 Å². The van der Waals surface area contributed by atoms with Crippen LogP contribution < -0.4 is 10.2 Å². The lowest BCUT2D eigenvalue weighted by atomic mass is 10.1. The van der Waals surface area contributed by atoms with Crippen LogP contribution >= 0.6 is 0 Å². The van der Waals surface area contributed by atoms with Crippen molar-refractivity contribution in [3.63, 3.8) is 0 Å². The highest BCUT2D eigenvalue weighted by molar-refractivity contribution is 5.59. The van der Waals surface area contributed by atoms with E-state index >= 15 is 0 Å². The summed E-state index contributed by atoms with van der Waals surface area (Å²) < 4.78 is 0. The predicted molar refractivity (Wildman–Crippen MR) is 88.1 cm³/mol. The van der Waals surface area contributed by atoms with Gasteiger partial charge in [0.25, 0.3) is 0 Å². The number of hydrogen-bond donors (Lipinski definition) is 1. The van der Waals surface area contributed by atoms with E-state index in [9.17, 15) is 0 Å². The van der Waals surface area contributed by atoms with Crippen LogP contribution in [0.25, 0.3) is 0 Å². The molecule has 0 bridgehead atoms. The summed E-state index contributed by atoms with van der Waals surface area (Å²) in [5.74, 6) is 4.74. The summed E-state index contributed by atoms with van der Waals surface area (Å²) >= 11 is 0. The third kappa shape index (κ3) is 3.14. The van der Waals surface area contributed by atoms with Crippen molar-refractivity contribution in [3.8, 4) is 0 Å². The zero-order chi connectivity index (χ0) is 14.8. The monoisotopic (exact) mass is 288 g/mol. The minimum atomic E-state index is 0.608. The number of aromatic nitrogens is 2. The molecule has 1 atom stereocenters. The molecule has 1 aliphatic heterocycles. The molecule has 2 fully saturated rings. The van der Waals surface area contributed by atoms with Gasteiger partial charge in [-0.15, -0.1) is 0 Å². The fraction of sp³-hybridized carbons (Fsp3) is 0.765. The van der Waals surface area contributed by atoms with E-state index in [1.165, 1.54) is 37.1 Å². The van der Waals surface area contributed by atoms with Gasteiger partial charge in [-0.3, -0.25) is 0 Å². The molecule has 1 aromatic heterocycles. The zero-order valence-electron chi connectivity index (χ0n) is 13.7. The number of nitrogens with zero attached hydrogens (tertiary/aromatic N) is 3. The first kappa shape index (κ1) is 14.6. The molecule has 1 aliphatic carbocycles. The van der Waals surface area contributed by atoms with Crippen molar-refractivity contribution in [3.05, 3.63) is 11.4 Å². The maximum Gasteiger partial charge on any atom is 0.137 e. The van der Waals surface area contributed by atoms with Gasteiger partial charge in [0.15, 0.2) is 0 Å². The smallest absolute Gasteiger partial charge is 0.137 e. The number of hydrogen-bond acceptors (Lipinski definition) is 4. The molecule has 1 aromatic rings. The maximum absolute atomic E-state index is 4.93. The second-order valence-corrected chi connectivity index (χ2v) is 6.59. The average molecular weight is 288 g/mol. The number of rotatable bonds is 6. The van der Waals surface area contributed by atoms with Gasteiger partial charge in [0.05, 0.1) is 0 Å². The number of nitrogens with one attached hydrogen (secondary N) is 1. The predicted octanol–water partition coefficient (Wildman–Crippen LogP) is 3.72. The lowest BCUT2D eigenvalue weighted by Gasteiger charge is -2.22. The first-order valence-corrected chi connectivity index (χ1v) is 8.60. The number of anilines is 2. The molecule has 1 saturated heterocycles. The summed E-state index contributed by atoms with van der Waals surface area (Å²) in [4.78, 5) is 12.2. The van der Waals surface area contributed by atoms with Crippen molar-refractivity contribution >= 4 is 11.6 Å². The molecule has 21 heavy (non-hydrogen) atoms. The fourth-order valence-corrected chi connectivity index (χ4v) is 3.13. The molecule has 0 amide bonds. The highest BCUT2D eigenvalue weighted by Crippen LogP contribution is 2.40. The van der Waals surface area contributed by atoms with Crippen molar-refractivity contribution in [1.29, 1.82) is 0 Å². The van der Waals surface area contributed by atoms with E-state index in [0.717, 1.165) is 43.6 Å². The van der Waals surface area contributed by atoms with E-state index < -0.39 is 0 Å². The molecular weight excluding hydrogens is 260 g/mol. The van der Waals surface area contributed by atoms with Crippen molar-refractivity contribution < 1.29 is 0 Å². The Morgan fingerprint density at radius 2 is 2.00 bits per heavy atom. The second kappa shape index (κ2) is 6.20. The van der Waals surface area contributed by atoms with Gasteiger partial charge in [0, 0.05) is 31.1 Å². The fourth-order valence-electron chi connectivity index (χ4n) is 3.13. The lowest BCUT2D eigenvalue weighted by molar-refractivity contribution is 0.568. The summed E-state index contributed by atoms with van der Waals surface area (Å²) in [5, 5.41) is 3.50. The van der Waals surface area contributed by atoms with Gasteiger partial charge in [0.1, 0.15) is 17.5 Å². The minimum Gasteiger partial charge on any atom is -0.370 e. The van der Waals surface area contributed by atoms with Crippen LogP contribution in [0, 0.1) is 12.8 Å². The Labute approximate surface area is 128 Å². The molecule has 1 N–H and O–H groups in total. The van der Waals surface area contributed by atoms with E-state index in [1.54, 1.807) is 0 Å². The largest absolute Gasteiger partial charge is 0.370 e. The summed E-state index contributed by atoms with van der Waals surface area (Å²) in [7, 11) is 0. The van der Waals surface area contributed by atoms with Crippen molar-refractivity contribution in [2.75, 3.05) is 29.9 Å². The van der Waals surface area contributed by atoms with Gasteiger partial charge in [0.2, 0.25) is 0 Å². The van der Waals surface area contributed by atoms with E-state index in [2.05, 4.69) is 31.0 Å². The Morgan fingerprint density at radius 1 is 1.19 bits per heavy atom. The Balaban J connectivity index is 1.88. The van der Waals surface area contributed by atoms with Crippen LogP contribution in [-0.2, 0) is 0 Å². The summed E-state index contributed by atoms with van der Waals surface area (Å²) in [6, 6.07) is 0. The van der Waals surface area contributed by atoms with Gasteiger partial charge in [-0.2, -0.15) is 0 Å². The standard InChI is InChI=1S/C17H28N4/c1-4-9-18-15-12(3)17(20-16(19-15)14-6-7-14)21-10-8-13(5-2)11-21/h13-14H,4-11H2,1-3H3,(H,18,19,20). The van der Waals surface area contributed by atoms with Crippen molar-refractivity contribution in [2.24, 2.45) is 5.92 Å². The van der Waals surface area contributed by atoms with E-state index in [0.29, 0.717) is 5.92 Å². The van der Waals surface area contributed by atoms with Crippen LogP contribution in [0.4, 0.5) is 11.6 Å². The normalized spacial score (nSPS) is 21.9. The van der Waals surface area contributed by atoms with Gasteiger partial charge < -0.3 is 10.2 Å². The topological polar surface area (TPSA) is 41.1 Å². The third-order valence-electron chi connectivity index (χ3n) is 4.79. The SMILES string of the molecule is CCCNc1nc(C2CC2)nc(N2CCC(CC)C2)c1C. The minimum absolute atomic E-state index is 0.608. The van der Waals surface area contributed by atoms with E-state index in [4.69, 9.17) is 9.97 Å². The van der Waals surface area contributed by atoms with Crippen LogP contribution in [0.1, 0.15) is 63.3 Å². The molecular formula is C17H28N4. The maximum atomic E-state index is 4.93. The van der Waals surface area contributed by atoms with Gasteiger partial charge in [-0.25, -0.2) is 9.97 Å². The molecule has 0 spiro atoms. The molecule has 0 radical (unpaired) electrons. The van der Waals surface area contributed by atoms with Gasteiger partial charge >= 0.3 is 0 Å². The first-order chi connectivity index (χ1) is 10.2. The molecule has 4 nitrogen and oxygen atoms in total. The van der Waals surface area contributed by atoms with Crippen LogP contribution in [0.15, 0.2) is 0 Å². The molecule has 0 aromatic carbocycles. The van der Waals surface area contributed by atoms with Crippen LogP contribution in [0.3, 0.4) is 0 Å². The third-order valence-corrected chi connectivity index (χ3v) is 4.79. The van der Waals surface area contributed by atoms with Gasteiger partial charge in [-0.05, 0) is 38.5 Å². The summed E-state index contributed by atoms with van der Waals surface area (Å²) in [5.41, 5.74) is 1.23. The highest BCUT2D eigenvalue weighted by Gasteiger charge is 2.30. The highest BCUT2D eigenvalue weighted by atomic mass is 15.2. The zero-order valence-corrected chi connectivity index (χ0v) is 13.7. The van der Waals surface area contributed by atoms with Crippen LogP contribution in [0.2, 0.25) is 0 Å². The second-order valence-electron chi connectivity index (χ2n) is 6.59. The Bertz CT molecular complexity index is 496. The van der Waals surface area contributed by atoms with Crippen LogP contribution in [-0.4, -0.2) is 29.6 Å². The molecule has 116 valence electrons. The quantitative estimate of drug-likeness (QED) is 0.866. The van der Waals surface area contributed by atoms with E-state index in [1.807, 2.05) is 0 Å². The summed E-state index contributed by atoms with van der Waals surface area (Å²) in [6.07, 6.45) is 6.22. The molecule has 2 heterocycles. The molecule has 2 aliphatic rings.